The Balaban J connectivity index is 2.17. The smallest absolute Gasteiger partial charge is 0.346 e. The van der Waals surface area contributed by atoms with Crippen LogP contribution in [0.25, 0.3) is 0 Å². The number of carboxylic acid groups (broad SMARTS) is 1. The summed E-state index contributed by atoms with van der Waals surface area (Å²) in [7, 11) is 0. The topological polar surface area (TPSA) is 49.3 Å². The Labute approximate surface area is 110 Å². The number of carbonyl (C=O) groups is 1. The second-order valence-electron chi connectivity index (χ2n) is 3.68. The maximum Gasteiger partial charge on any atom is 0.346 e. The first-order chi connectivity index (χ1) is 8.99. The Morgan fingerprint density at radius 2 is 1.89 bits per heavy atom. The number of benzene rings is 1. The summed E-state index contributed by atoms with van der Waals surface area (Å²) in [6, 6.07) is 2.69. The SMILES string of the molecule is O=C(O)c1sccc1CNc1cc(F)c(F)cc1F. The van der Waals surface area contributed by atoms with Crippen molar-refractivity contribution in [2.75, 3.05) is 5.32 Å². The molecule has 19 heavy (non-hydrogen) atoms. The maximum atomic E-state index is 13.3. The lowest BCUT2D eigenvalue weighted by atomic mass is 10.2. The molecule has 0 saturated carbocycles. The highest BCUT2D eigenvalue weighted by atomic mass is 32.1. The van der Waals surface area contributed by atoms with Gasteiger partial charge in [-0.05, 0) is 17.0 Å². The van der Waals surface area contributed by atoms with E-state index < -0.39 is 23.4 Å². The average molecular weight is 287 g/mol. The van der Waals surface area contributed by atoms with Crippen molar-refractivity contribution in [3.63, 3.8) is 0 Å². The van der Waals surface area contributed by atoms with E-state index in [0.29, 0.717) is 17.7 Å². The van der Waals surface area contributed by atoms with Crippen LogP contribution in [0.5, 0.6) is 0 Å². The normalized spacial score (nSPS) is 10.5. The van der Waals surface area contributed by atoms with Crippen molar-refractivity contribution in [3.8, 4) is 0 Å². The van der Waals surface area contributed by atoms with Crippen molar-refractivity contribution in [2.45, 2.75) is 6.54 Å². The number of hydrogen-bond acceptors (Lipinski definition) is 3. The van der Waals surface area contributed by atoms with Crippen LogP contribution in [0.4, 0.5) is 18.9 Å². The third kappa shape index (κ3) is 2.87. The summed E-state index contributed by atoms with van der Waals surface area (Å²) >= 11 is 1.04. The van der Waals surface area contributed by atoms with Gasteiger partial charge >= 0.3 is 5.97 Å². The number of anilines is 1. The van der Waals surface area contributed by atoms with Gasteiger partial charge in [0.05, 0.1) is 5.69 Å². The van der Waals surface area contributed by atoms with E-state index in [-0.39, 0.29) is 17.1 Å². The molecule has 0 aliphatic heterocycles. The van der Waals surface area contributed by atoms with Gasteiger partial charge in [-0.15, -0.1) is 11.3 Å². The van der Waals surface area contributed by atoms with Crippen LogP contribution in [0, 0.1) is 17.5 Å². The van der Waals surface area contributed by atoms with Crippen molar-refractivity contribution in [1.29, 1.82) is 0 Å². The third-order valence-corrected chi connectivity index (χ3v) is 3.36. The highest BCUT2D eigenvalue weighted by molar-refractivity contribution is 7.12. The lowest BCUT2D eigenvalue weighted by Gasteiger charge is -2.08. The summed E-state index contributed by atoms with van der Waals surface area (Å²) in [6.45, 7) is 0.00707. The van der Waals surface area contributed by atoms with Gasteiger partial charge in [-0.1, -0.05) is 0 Å². The van der Waals surface area contributed by atoms with E-state index in [2.05, 4.69) is 5.32 Å². The fraction of sp³-hybridized carbons (Fsp3) is 0.0833. The molecule has 3 nitrogen and oxygen atoms in total. The van der Waals surface area contributed by atoms with Crippen LogP contribution in [-0.2, 0) is 6.54 Å². The monoisotopic (exact) mass is 287 g/mol. The molecule has 2 aromatic rings. The Kier molecular flexibility index (Phi) is 3.75. The molecule has 1 aromatic heterocycles. The predicted octanol–water partition coefficient (Wildman–Crippen LogP) is 3.48. The summed E-state index contributed by atoms with van der Waals surface area (Å²) < 4.78 is 39.0. The number of thiophene rings is 1. The van der Waals surface area contributed by atoms with E-state index in [1.807, 2.05) is 0 Å². The molecule has 0 atom stereocenters. The van der Waals surface area contributed by atoms with E-state index in [1.54, 1.807) is 11.4 Å². The highest BCUT2D eigenvalue weighted by Gasteiger charge is 2.13. The highest BCUT2D eigenvalue weighted by Crippen LogP contribution is 2.21. The molecule has 0 unspecified atom stereocenters. The van der Waals surface area contributed by atoms with Gasteiger partial charge in [0.15, 0.2) is 11.6 Å². The first kappa shape index (κ1) is 13.4. The second-order valence-corrected chi connectivity index (χ2v) is 4.60. The van der Waals surface area contributed by atoms with Crippen LogP contribution in [0.15, 0.2) is 23.6 Å². The molecule has 0 saturated heterocycles. The number of carboxylic acids is 1. The lowest BCUT2D eigenvalue weighted by Crippen LogP contribution is -2.06. The standard InChI is InChI=1S/C12H8F3NO2S/c13-7-3-9(15)10(4-8(7)14)16-5-6-1-2-19-11(6)12(17)18/h1-4,16H,5H2,(H,17,18). The Morgan fingerprint density at radius 1 is 1.21 bits per heavy atom. The van der Waals surface area contributed by atoms with Crippen molar-refractivity contribution >= 4 is 23.0 Å². The molecular formula is C12H8F3NO2S. The van der Waals surface area contributed by atoms with E-state index in [0.717, 1.165) is 11.3 Å². The summed E-state index contributed by atoms with van der Waals surface area (Å²) in [5.41, 5.74) is 0.225. The summed E-state index contributed by atoms with van der Waals surface area (Å²) in [4.78, 5) is 11.0. The first-order valence-corrected chi connectivity index (χ1v) is 6.05. The minimum absolute atomic E-state index is 0.00707. The van der Waals surface area contributed by atoms with E-state index in [9.17, 15) is 18.0 Å². The lowest BCUT2D eigenvalue weighted by molar-refractivity contribution is 0.0701. The Morgan fingerprint density at radius 3 is 2.58 bits per heavy atom. The Hall–Kier alpha value is -2.02. The number of nitrogens with one attached hydrogen (secondary N) is 1. The van der Waals surface area contributed by atoms with Gasteiger partial charge in [0.25, 0.3) is 0 Å². The van der Waals surface area contributed by atoms with Crippen molar-refractivity contribution in [3.05, 3.63) is 51.5 Å². The molecule has 0 amide bonds. The van der Waals surface area contributed by atoms with Crippen LogP contribution in [0.1, 0.15) is 15.2 Å². The van der Waals surface area contributed by atoms with Crippen molar-refractivity contribution in [2.24, 2.45) is 0 Å². The molecule has 1 aromatic carbocycles. The largest absolute Gasteiger partial charge is 0.477 e. The first-order valence-electron chi connectivity index (χ1n) is 5.17. The van der Waals surface area contributed by atoms with Gasteiger partial charge in [0.1, 0.15) is 10.7 Å². The van der Waals surface area contributed by atoms with Gasteiger partial charge in [-0.3, -0.25) is 0 Å². The maximum absolute atomic E-state index is 13.3. The van der Waals surface area contributed by atoms with Crippen LogP contribution in [0.3, 0.4) is 0 Å². The van der Waals surface area contributed by atoms with Gasteiger partial charge in [0.2, 0.25) is 0 Å². The van der Waals surface area contributed by atoms with Gasteiger partial charge < -0.3 is 10.4 Å². The van der Waals surface area contributed by atoms with E-state index in [4.69, 9.17) is 5.11 Å². The van der Waals surface area contributed by atoms with Crippen molar-refractivity contribution in [1.82, 2.24) is 0 Å². The molecule has 2 N–H and O–H groups in total. The molecule has 1 heterocycles. The summed E-state index contributed by atoms with van der Waals surface area (Å²) in [5, 5.41) is 13.0. The van der Waals surface area contributed by atoms with Gasteiger partial charge in [0, 0.05) is 18.7 Å². The fourth-order valence-corrected chi connectivity index (χ4v) is 2.27. The van der Waals surface area contributed by atoms with Crippen LogP contribution in [-0.4, -0.2) is 11.1 Å². The zero-order valence-corrected chi connectivity index (χ0v) is 10.2. The second kappa shape index (κ2) is 5.31. The van der Waals surface area contributed by atoms with Crippen molar-refractivity contribution < 1.29 is 23.1 Å². The molecule has 0 aliphatic carbocycles. The fourth-order valence-electron chi connectivity index (χ4n) is 1.51. The Bertz CT molecular complexity index is 627. The molecular weight excluding hydrogens is 279 g/mol. The summed E-state index contributed by atoms with van der Waals surface area (Å²) in [6.07, 6.45) is 0. The molecule has 100 valence electrons. The number of hydrogen-bond donors (Lipinski definition) is 2. The minimum Gasteiger partial charge on any atom is -0.477 e. The molecule has 0 bridgehead atoms. The number of halogens is 3. The minimum atomic E-state index is -1.27. The van der Waals surface area contributed by atoms with Gasteiger partial charge in [-0.25, -0.2) is 18.0 Å². The quantitative estimate of drug-likeness (QED) is 0.846. The molecule has 7 heteroatoms. The summed E-state index contributed by atoms with van der Waals surface area (Å²) in [5.74, 6) is -4.47. The zero-order valence-electron chi connectivity index (χ0n) is 9.41. The average Bonchev–Trinajstić information content (AvgIpc) is 2.80. The van der Waals surface area contributed by atoms with Crippen LogP contribution < -0.4 is 5.32 Å². The van der Waals surface area contributed by atoms with E-state index >= 15 is 0 Å². The number of rotatable bonds is 4. The van der Waals surface area contributed by atoms with Gasteiger partial charge in [-0.2, -0.15) is 0 Å². The zero-order chi connectivity index (χ0) is 14.0. The molecule has 2 rings (SSSR count). The molecule has 0 radical (unpaired) electrons. The molecule has 0 spiro atoms. The van der Waals surface area contributed by atoms with Crippen LogP contribution >= 0.6 is 11.3 Å². The number of aromatic carboxylic acids is 1. The van der Waals surface area contributed by atoms with Crippen LogP contribution in [0.2, 0.25) is 0 Å². The molecule has 0 fully saturated rings. The predicted molar refractivity (Wildman–Crippen MR) is 64.9 cm³/mol. The third-order valence-electron chi connectivity index (χ3n) is 2.42. The van der Waals surface area contributed by atoms with E-state index in [1.165, 1.54) is 0 Å². The molecule has 0 aliphatic rings.